The molecule has 204 valence electrons. The van der Waals surface area contributed by atoms with Gasteiger partial charge in [0.2, 0.25) is 0 Å². The first-order valence-electron chi connectivity index (χ1n) is 11.3. The van der Waals surface area contributed by atoms with Crippen LogP contribution in [0.4, 0.5) is 23.7 Å². The molecule has 1 amide bonds. The minimum atomic E-state index is -4.94. The molecule has 0 saturated heterocycles. The van der Waals surface area contributed by atoms with Crippen LogP contribution in [0.1, 0.15) is 26.3 Å². The molecule has 0 unspecified atom stereocenters. The van der Waals surface area contributed by atoms with Gasteiger partial charge in [-0.25, -0.2) is 9.59 Å². The highest BCUT2D eigenvalue weighted by molar-refractivity contribution is 5.85. The predicted molar refractivity (Wildman–Crippen MR) is 126 cm³/mol. The number of esters is 1. The number of ether oxygens (including phenoxy) is 6. The van der Waals surface area contributed by atoms with Gasteiger partial charge in [-0.05, 0) is 26.3 Å². The second-order valence-corrected chi connectivity index (χ2v) is 8.53. The third-order valence-corrected chi connectivity index (χ3v) is 4.08. The fourth-order valence-corrected chi connectivity index (χ4v) is 2.76. The Morgan fingerprint density at radius 3 is 2.19 bits per heavy atom. The number of hydrogen-bond donors (Lipinski definition) is 1. The van der Waals surface area contributed by atoms with Crippen molar-refractivity contribution in [3.05, 3.63) is 54.1 Å². The van der Waals surface area contributed by atoms with E-state index in [1.807, 2.05) is 6.07 Å². The van der Waals surface area contributed by atoms with Crippen molar-refractivity contribution in [2.45, 2.75) is 39.3 Å². The molecule has 37 heavy (non-hydrogen) atoms. The number of hydrogen-bond acceptors (Lipinski definition) is 8. The van der Waals surface area contributed by atoms with Crippen molar-refractivity contribution < 1.29 is 51.2 Å². The highest BCUT2D eigenvalue weighted by Crippen LogP contribution is 2.30. The van der Waals surface area contributed by atoms with Crippen LogP contribution in [0.25, 0.3) is 0 Å². The third kappa shape index (κ3) is 14.0. The van der Waals surface area contributed by atoms with Crippen LogP contribution in [-0.4, -0.2) is 57.1 Å². The van der Waals surface area contributed by atoms with Crippen LogP contribution in [-0.2, 0) is 30.3 Å². The van der Waals surface area contributed by atoms with Gasteiger partial charge in [-0.1, -0.05) is 30.3 Å². The lowest BCUT2D eigenvalue weighted by Gasteiger charge is -2.19. The summed E-state index contributed by atoms with van der Waals surface area (Å²) >= 11 is 0. The SMILES string of the molecule is CC(C)(C)OC(=O)COCCOCCOc1cc(NC(=O)OCc2ccccc2)cc(OC(F)(F)F)c1. The van der Waals surface area contributed by atoms with E-state index in [0.717, 1.165) is 17.7 Å². The fraction of sp³-hybridized carbons (Fsp3) is 0.440. The molecule has 0 bridgehead atoms. The zero-order valence-electron chi connectivity index (χ0n) is 20.8. The number of alkyl halides is 3. The van der Waals surface area contributed by atoms with Gasteiger partial charge in [0.15, 0.2) is 0 Å². The Bertz CT molecular complexity index is 994. The summed E-state index contributed by atoms with van der Waals surface area (Å²) < 4.78 is 68.2. The first kappa shape index (κ1) is 29.7. The van der Waals surface area contributed by atoms with E-state index in [4.69, 9.17) is 23.7 Å². The summed E-state index contributed by atoms with van der Waals surface area (Å²) in [7, 11) is 0. The average Bonchev–Trinajstić information content (AvgIpc) is 2.77. The van der Waals surface area contributed by atoms with Gasteiger partial charge in [-0.15, -0.1) is 13.2 Å². The van der Waals surface area contributed by atoms with E-state index >= 15 is 0 Å². The molecular formula is C25H30F3NO8. The number of nitrogens with one attached hydrogen (secondary N) is 1. The zero-order valence-corrected chi connectivity index (χ0v) is 20.8. The van der Waals surface area contributed by atoms with Crippen molar-refractivity contribution in [2.75, 3.05) is 38.4 Å². The number of carbonyl (C=O) groups excluding carboxylic acids is 2. The van der Waals surface area contributed by atoms with E-state index in [9.17, 15) is 22.8 Å². The van der Waals surface area contributed by atoms with Crippen LogP contribution < -0.4 is 14.8 Å². The number of amides is 1. The average molecular weight is 530 g/mol. The van der Waals surface area contributed by atoms with E-state index in [1.165, 1.54) is 6.07 Å². The first-order chi connectivity index (χ1) is 17.4. The van der Waals surface area contributed by atoms with Crippen molar-refractivity contribution in [1.82, 2.24) is 0 Å². The lowest BCUT2D eigenvalue weighted by Crippen LogP contribution is -2.27. The highest BCUT2D eigenvalue weighted by atomic mass is 19.4. The normalized spacial score (nSPS) is 11.5. The van der Waals surface area contributed by atoms with E-state index in [1.54, 1.807) is 45.0 Å². The van der Waals surface area contributed by atoms with Crippen LogP contribution in [0.5, 0.6) is 11.5 Å². The smallest absolute Gasteiger partial charge is 0.491 e. The van der Waals surface area contributed by atoms with Gasteiger partial charge in [-0.2, -0.15) is 0 Å². The van der Waals surface area contributed by atoms with Crippen molar-refractivity contribution in [3.63, 3.8) is 0 Å². The third-order valence-electron chi connectivity index (χ3n) is 4.08. The summed E-state index contributed by atoms with van der Waals surface area (Å²) in [5, 5.41) is 2.35. The molecule has 2 aromatic carbocycles. The van der Waals surface area contributed by atoms with E-state index in [-0.39, 0.29) is 51.1 Å². The second-order valence-electron chi connectivity index (χ2n) is 8.53. The topological polar surface area (TPSA) is 102 Å². The van der Waals surface area contributed by atoms with Crippen LogP contribution in [0, 0.1) is 0 Å². The summed E-state index contributed by atoms with van der Waals surface area (Å²) in [5.41, 5.74) is 0.117. The quantitative estimate of drug-likeness (QED) is 0.283. The monoisotopic (exact) mass is 529 g/mol. The van der Waals surface area contributed by atoms with Crippen LogP contribution in [0.15, 0.2) is 48.5 Å². The van der Waals surface area contributed by atoms with Crippen LogP contribution >= 0.6 is 0 Å². The molecule has 9 nitrogen and oxygen atoms in total. The van der Waals surface area contributed by atoms with Crippen LogP contribution in [0.3, 0.4) is 0 Å². The van der Waals surface area contributed by atoms with E-state index in [2.05, 4.69) is 10.1 Å². The number of anilines is 1. The van der Waals surface area contributed by atoms with Gasteiger partial charge >= 0.3 is 18.4 Å². The standard InChI is InChI=1S/C25H30F3NO8/c1-24(2,3)37-22(30)17-33-10-9-32-11-12-34-20-13-19(14-21(15-20)36-25(26,27)28)29-23(31)35-16-18-7-5-4-6-8-18/h4-8,13-15H,9-12,16-17H2,1-3H3,(H,29,31). The van der Waals surface area contributed by atoms with Gasteiger partial charge in [0.1, 0.15) is 36.9 Å². The Hall–Kier alpha value is -3.51. The summed E-state index contributed by atoms with van der Waals surface area (Å²) in [6.07, 6.45) is -5.81. The minimum Gasteiger partial charge on any atom is -0.491 e. The summed E-state index contributed by atoms with van der Waals surface area (Å²) in [4.78, 5) is 23.6. The van der Waals surface area contributed by atoms with Crippen molar-refractivity contribution in [2.24, 2.45) is 0 Å². The Kier molecular flexibility index (Phi) is 11.5. The zero-order chi connectivity index (χ0) is 27.3. The summed E-state index contributed by atoms with van der Waals surface area (Å²) in [6, 6.07) is 12.2. The molecule has 0 aromatic heterocycles. The molecule has 1 N–H and O–H groups in total. The summed E-state index contributed by atoms with van der Waals surface area (Å²) in [5.74, 6) is -1.07. The molecule has 2 rings (SSSR count). The Labute approximate surface area is 212 Å². The predicted octanol–water partition coefficient (Wildman–Crippen LogP) is 5.09. The van der Waals surface area contributed by atoms with Crippen molar-refractivity contribution in [1.29, 1.82) is 0 Å². The van der Waals surface area contributed by atoms with Crippen LogP contribution in [0.2, 0.25) is 0 Å². The van der Waals surface area contributed by atoms with E-state index < -0.39 is 29.8 Å². The molecule has 12 heteroatoms. The molecule has 0 saturated carbocycles. The largest absolute Gasteiger partial charge is 0.573 e. The molecule has 0 aliphatic rings. The number of rotatable bonds is 13. The minimum absolute atomic E-state index is 0.00452. The van der Waals surface area contributed by atoms with Gasteiger partial charge in [0, 0.05) is 18.2 Å². The van der Waals surface area contributed by atoms with Gasteiger partial charge in [-0.3, -0.25) is 5.32 Å². The van der Waals surface area contributed by atoms with Gasteiger partial charge in [0.25, 0.3) is 0 Å². The molecular weight excluding hydrogens is 499 g/mol. The molecule has 2 aromatic rings. The number of carbonyl (C=O) groups is 2. The lowest BCUT2D eigenvalue weighted by atomic mass is 10.2. The molecule has 0 atom stereocenters. The van der Waals surface area contributed by atoms with Gasteiger partial charge in [0.05, 0.1) is 25.5 Å². The molecule has 0 aliphatic carbocycles. The number of halogens is 3. The van der Waals surface area contributed by atoms with Gasteiger partial charge < -0.3 is 28.4 Å². The highest BCUT2D eigenvalue weighted by Gasteiger charge is 2.31. The maximum absolute atomic E-state index is 12.7. The lowest BCUT2D eigenvalue weighted by molar-refractivity contribution is -0.274. The van der Waals surface area contributed by atoms with Crippen molar-refractivity contribution >= 4 is 17.7 Å². The Balaban J connectivity index is 1.80. The first-order valence-corrected chi connectivity index (χ1v) is 11.3. The molecule has 0 fully saturated rings. The molecule has 0 radical (unpaired) electrons. The molecule has 0 aliphatic heterocycles. The maximum atomic E-state index is 12.7. The Morgan fingerprint density at radius 1 is 0.865 bits per heavy atom. The molecule has 0 heterocycles. The summed E-state index contributed by atoms with van der Waals surface area (Å²) in [6.45, 7) is 5.36. The molecule has 0 spiro atoms. The fourth-order valence-electron chi connectivity index (χ4n) is 2.76. The second kappa shape index (κ2) is 14.3. The Morgan fingerprint density at radius 2 is 1.51 bits per heavy atom. The van der Waals surface area contributed by atoms with E-state index in [0.29, 0.717) is 0 Å². The van der Waals surface area contributed by atoms with Crippen molar-refractivity contribution in [3.8, 4) is 11.5 Å². The number of benzene rings is 2. The maximum Gasteiger partial charge on any atom is 0.573 e.